The van der Waals surface area contributed by atoms with Crippen LogP contribution >= 0.6 is 34.7 Å². The molecule has 33 heavy (non-hydrogen) atoms. The van der Waals surface area contributed by atoms with Gasteiger partial charge in [0, 0.05) is 22.6 Å². The van der Waals surface area contributed by atoms with Crippen LogP contribution in [-0.4, -0.2) is 40.1 Å². The molecule has 0 fully saturated rings. The molecule has 6 nitrogen and oxygen atoms in total. The second kappa shape index (κ2) is 11.5. The van der Waals surface area contributed by atoms with Crippen molar-refractivity contribution >= 4 is 40.6 Å². The van der Waals surface area contributed by atoms with Crippen molar-refractivity contribution in [2.45, 2.75) is 17.7 Å². The Morgan fingerprint density at radius 1 is 1.12 bits per heavy atom. The van der Waals surface area contributed by atoms with Crippen LogP contribution in [0.4, 0.5) is 0 Å². The molecule has 2 aromatic carbocycles. The van der Waals surface area contributed by atoms with Gasteiger partial charge in [-0.2, -0.15) is 0 Å². The molecule has 170 valence electrons. The number of ether oxygens (including phenoxy) is 1. The molecule has 0 bridgehead atoms. The highest BCUT2D eigenvalue weighted by Crippen LogP contribution is 2.28. The van der Waals surface area contributed by atoms with Gasteiger partial charge in [0.25, 0.3) is 0 Å². The van der Waals surface area contributed by atoms with Crippen molar-refractivity contribution in [1.29, 1.82) is 0 Å². The zero-order valence-electron chi connectivity index (χ0n) is 18.0. The molecule has 0 spiro atoms. The number of aromatic nitrogens is 3. The van der Waals surface area contributed by atoms with Crippen LogP contribution in [0.5, 0.6) is 0 Å². The maximum atomic E-state index is 12.9. The minimum Gasteiger partial charge on any atom is -0.383 e. The van der Waals surface area contributed by atoms with E-state index < -0.39 is 0 Å². The van der Waals surface area contributed by atoms with Gasteiger partial charge in [-0.15, -0.1) is 21.5 Å². The second-order valence-electron chi connectivity index (χ2n) is 7.17. The Balaban J connectivity index is 1.48. The smallest absolute Gasteiger partial charge is 0.231 e. The first-order valence-corrected chi connectivity index (χ1v) is 12.6. The Morgan fingerprint density at radius 2 is 1.91 bits per heavy atom. The summed E-state index contributed by atoms with van der Waals surface area (Å²) in [6.07, 6.45) is 0. The highest BCUT2D eigenvalue weighted by atomic mass is 35.5. The lowest BCUT2D eigenvalue weighted by atomic mass is 10.1. The summed E-state index contributed by atoms with van der Waals surface area (Å²) in [5, 5.41) is 15.2. The van der Waals surface area contributed by atoms with E-state index in [4.69, 9.17) is 16.3 Å². The molecule has 0 aliphatic rings. The SMILES string of the molecule is COCCn1c(SCC(=O)N[C@H](c2ccccc2)c2cccs2)nnc1-c1ccc(Cl)cc1. The number of carbonyl (C=O) groups excluding carboxylic acids is 1. The van der Waals surface area contributed by atoms with Crippen LogP contribution in [0.1, 0.15) is 16.5 Å². The van der Waals surface area contributed by atoms with Crippen LogP contribution in [0.15, 0.2) is 77.3 Å². The van der Waals surface area contributed by atoms with Crippen LogP contribution in [0.2, 0.25) is 5.02 Å². The zero-order valence-corrected chi connectivity index (χ0v) is 20.4. The van der Waals surface area contributed by atoms with Crippen LogP contribution in [0.25, 0.3) is 11.4 Å². The molecule has 0 radical (unpaired) electrons. The van der Waals surface area contributed by atoms with Gasteiger partial charge in [0.15, 0.2) is 11.0 Å². The van der Waals surface area contributed by atoms with E-state index in [1.54, 1.807) is 18.4 Å². The number of methoxy groups -OCH3 is 1. The number of thioether (sulfide) groups is 1. The van der Waals surface area contributed by atoms with E-state index in [2.05, 4.69) is 15.5 Å². The minimum absolute atomic E-state index is 0.0726. The van der Waals surface area contributed by atoms with Gasteiger partial charge in [-0.1, -0.05) is 59.8 Å². The number of rotatable bonds is 10. The average molecular weight is 499 g/mol. The number of thiophene rings is 1. The van der Waals surface area contributed by atoms with Crippen molar-refractivity contribution in [2.24, 2.45) is 0 Å². The molecular weight excluding hydrogens is 476 g/mol. The van der Waals surface area contributed by atoms with Crippen molar-refractivity contribution in [3.63, 3.8) is 0 Å². The highest BCUT2D eigenvalue weighted by molar-refractivity contribution is 7.99. The van der Waals surface area contributed by atoms with Crippen molar-refractivity contribution in [1.82, 2.24) is 20.1 Å². The second-order valence-corrected chi connectivity index (χ2v) is 9.53. The average Bonchev–Trinajstić information content (AvgIpc) is 3.51. The Kier molecular flexibility index (Phi) is 8.17. The van der Waals surface area contributed by atoms with Gasteiger partial charge in [-0.3, -0.25) is 9.36 Å². The van der Waals surface area contributed by atoms with E-state index in [9.17, 15) is 4.79 Å². The molecule has 9 heteroatoms. The van der Waals surface area contributed by atoms with Gasteiger partial charge in [0.2, 0.25) is 5.91 Å². The van der Waals surface area contributed by atoms with Crippen LogP contribution in [-0.2, 0) is 16.1 Å². The standard InChI is InChI=1S/C24H23ClN4O2S2/c1-31-14-13-29-23(18-9-11-19(25)12-10-18)27-28-24(29)33-16-21(30)26-22(20-8-5-15-32-20)17-6-3-2-4-7-17/h2-12,15,22H,13-14,16H2,1H3,(H,26,30)/t22-/m1/s1. The fourth-order valence-corrected chi connectivity index (χ4v) is 5.05. The zero-order chi connectivity index (χ0) is 23.0. The van der Waals surface area contributed by atoms with E-state index in [-0.39, 0.29) is 17.7 Å². The summed E-state index contributed by atoms with van der Waals surface area (Å²) in [5.41, 5.74) is 1.95. The Labute approximate surface area is 206 Å². The van der Waals surface area contributed by atoms with Gasteiger partial charge < -0.3 is 10.1 Å². The third-order valence-electron chi connectivity index (χ3n) is 4.94. The fourth-order valence-electron chi connectivity index (χ4n) is 3.34. The van der Waals surface area contributed by atoms with E-state index in [1.165, 1.54) is 11.8 Å². The van der Waals surface area contributed by atoms with Crippen molar-refractivity contribution < 1.29 is 9.53 Å². The number of amides is 1. The lowest BCUT2D eigenvalue weighted by Gasteiger charge is -2.18. The van der Waals surface area contributed by atoms with E-state index >= 15 is 0 Å². The van der Waals surface area contributed by atoms with Gasteiger partial charge >= 0.3 is 0 Å². The first-order valence-electron chi connectivity index (χ1n) is 10.3. The van der Waals surface area contributed by atoms with Crippen LogP contribution in [0.3, 0.4) is 0 Å². The topological polar surface area (TPSA) is 69.0 Å². The maximum Gasteiger partial charge on any atom is 0.231 e. The molecule has 1 amide bonds. The molecule has 2 aromatic heterocycles. The monoisotopic (exact) mass is 498 g/mol. The Morgan fingerprint density at radius 3 is 2.61 bits per heavy atom. The number of benzene rings is 2. The lowest BCUT2D eigenvalue weighted by Crippen LogP contribution is -2.30. The third-order valence-corrected chi connectivity index (χ3v) is 7.09. The van der Waals surface area contributed by atoms with E-state index in [1.807, 2.05) is 76.7 Å². The van der Waals surface area contributed by atoms with E-state index in [0.29, 0.717) is 29.2 Å². The minimum atomic E-state index is -0.185. The molecule has 4 aromatic rings. The van der Waals surface area contributed by atoms with Gasteiger partial charge in [-0.25, -0.2) is 0 Å². The summed E-state index contributed by atoms with van der Waals surface area (Å²) in [5.74, 6) is 0.865. The number of hydrogen-bond acceptors (Lipinski definition) is 6. The summed E-state index contributed by atoms with van der Waals surface area (Å²) in [6.45, 7) is 1.08. The molecular formula is C24H23ClN4O2S2. The van der Waals surface area contributed by atoms with Crippen molar-refractivity contribution in [3.05, 3.63) is 87.6 Å². The summed E-state index contributed by atoms with van der Waals surface area (Å²) >= 11 is 9.01. The highest BCUT2D eigenvalue weighted by Gasteiger charge is 2.20. The normalized spacial score (nSPS) is 11.9. The molecule has 0 saturated carbocycles. The summed E-state index contributed by atoms with van der Waals surface area (Å²) < 4.78 is 7.23. The quantitative estimate of drug-likeness (QED) is 0.300. The molecule has 0 aliphatic carbocycles. The number of halogens is 1. The summed E-state index contributed by atoms with van der Waals surface area (Å²) in [7, 11) is 1.65. The maximum absolute atomic E-state index is 12.9. The molecule has 1 N–H and O–H groups in total. The molecule has 1 atom stereocenters. The van der Waals surface area contributed by atoms with Crippen molar-refractivity contribution in [3.8, 4) is 11.4 Å². The predicted molar refractivity (Wildman–Crippen MR) is 134 cm³/mol. The first kappa shape index (κ1) is 23.5. The largest absolute Gasteiger partial charge is 0.383 e. The number of hydrogen-bond donors (Lipinski definition) is 1. The molecule has 0 aliphatic heterocycles. The number of carbonyl (C=O) groups is 1. The molecule has 4 rings (SSSR count). The molecule has 0 unspecified atom stereocenters. The third kappa shape index (κ3) is 6.03. The number of nitrogens with zero attached hydrogens (tertiary/aromatic N) is 3. The fraction of sp³-hybridized carbons (Fsp3) is 0.208. The van der Waals surface area contributed by atoms with Gasteiger partial charge in [0.1, 0.15) is 0 Å². The molecule has 0 saturated heterocycles. The van der Waals surface area contributed by atoms with Crippen molar-refractivity contribution in [2.75, 3.05) is 19.5 Å². The lowest BCUT2D eigenvalue weighted by molar-refractivity contribution is -0.119. The van der Waals surface area contributed by atoms with Gasteiger partial charge in [0.05, 0.1) is 24.9 Å². The van der Waals surface area contributed by atoms with Crippen LogP contribution < -0.4 is 5.32 Å². The first-order chi connectivity index (χ1) is 16.2. The Bertz CT molecular complexity index is 1170. The van der Waals surface area contributed by atoms with Crippen LogP contribution in [0, 0.1) is 0 Å². The summed E-state index contributed by atoms with van der Waals surface area (Å²) in [6, 6.07) is 21.3. The predicted octanol–water partition coefficient (Wildman–Crippen LogP) is 5.30. The van der Waals surface area contributed by atoms with Gasteiger partial charge in [-0.05, 0) is 41.3 Å². The summed E-state index contributed by atoms with van der Waals surface area (Å²) in [4.78, 5) is 14.0. The van der Waals surface area contributed by atoms with E-state index in [0.717, 1.165) is 16.0 Å². The number of nitrogens with one attached hydrogen (secondary N) is 1. The Hall–Kier alpha value is -2.65. The molecule has 2 heterocycles.